The van der Waals surface area contributed by atoms with E-state index < -0.39 is 0 Å². The zero-order chi connectivity index (χ0) is 15.5. The van der Waals surface area contributed by atoms with E-state index in [4.69, 9.17) is 11.6 Å². The normalized spacial score (nSPS) is 23.3. The highest BCUT2D eigenvalue weighted by Crippen LogP contribution is 2.40. The molecule has 2 unspecified atom stereocenters. The van der Waals surface area contributed by atoms with E-state index in [1.165, 1.54) is 36.1 Å². The maximum absolute atomic E-state index is 6.49. The number of rotatable bonds is 4. The van der Waals surface area contributed by atoms with Crippen molar-refractivity contribution < 1.29 is 0 Å². The van der Waals surface area contributed by atoms with Crippen molar-refractivity contribution in [1.29, 1.82) is 0 Å². The van der Waals surface area contributed by atoms with Gasteiger partial charge in [-0.25, -0.2) is 0 Å². The van der Waals surface area contributed by atoms with Gasteiger partial charge in [0.25, 0.3) is 0 Å². The van der Waals surface area contributed by atoms with Crippen LogP contribution in [0.1, 0.15) is 58.9 Å². The van der Waals surface area contributed by atoms with Crippen molar-refractivity contribution in [1.82, 2.24) is 5.32 Å². The van der Waals surface area contributed by atoms with Gasteiger partial charge in [0.1, 0.15) is 0 Å². The van der Waals surface area contributed by atoms with Gasteiger partial charge in [-0.1, -0.05) is 43.5 Å². The van der Waals surface area contributed by atoms with E-state index in [-0.39, 0.29) is 5.54 Å². The number of hydrogen-bond donors (Lipinski definition) is 1. The molecule has 1 saturated carbocycles. The Morgan fingerprint density at radius 1 is 1.29 bits per heavy atom. The van der Waals surface area contributed by atoms with Crippen molar-refractivity contribution in [3.8, 4) is 0 Å². The highest BCUT2D eigenvalue weighted by molar-refractivity contribution is 8.00. The van der Waals surface area contributed by atoms with E-state index in [1.54, 1.807) is 0 Å². The second-order valence-corrected chi connectivity index (χ2v) is 9.06. The fourth-order valence-electron chi connectivity index (χ4n) is 2.84. The Balaban J connectivity index is 2.10. The SMILES string of the molecule is CC1CCCC(Sc2c(Cl)cccc2CNC(C)(C)C)C1. The minimum Gasteiger partial charge on any atom is -0.308 e. The average Bonchev–Trinajstić information content (AvgIpc) is 2.39. The molecule has 1 aromatic carbocycles. The fraction of sp³-hybridized carbons (Fsp3) is 0.667. The van der Waals surface area contributed by atoms with E-state index in [0.717, 1.165) is 22.7 Å². The lowest BCUT2D eigenvalue weighted by Gasteiger charge is -2.28. The van der Waals surface area contributed by atoms with Crippen molar-refractivity contribution >= 4 is 23.4 Å². The van der Waals surface area contributed by atoms with Gasteiger partial charge in [-0.15, -0.1) is 11.8 Å². The second kappa shape index (κ2) is 7.39. The maximum atomic E-state index is 6.49. The van der Waals surface area contributed by atoms with E-state index in [1.807, 2.05) is 17.8 Å². The summed E-state index contributed by atoms with van der Waals surface area (Å²) in [6.45, 7) is 9.86. The first-order valence-electron chi connectivity index (χ1n) is 8.04. The van der Waals surface area contributed by atoms with Crippen molar-refractivity contribution in [2.45, 2.75) is 75.6 Å². The zero-order valence-corrected chi connectivity index (χ0v) is 15.3. The van der Waals surface area contributed by atoms with Gasteiger partial charge in [0.15, 0.2) is 0 Å². The third kappa shape index (κ3) is 5.50. The van der Waals surface area contributed by atoms with Crippen LogP contribution in [-0.2, 0) is 6.54 Å². The van der Waals surface area contributed by atoms with Crippen molar-refractivity contribution in [3.05, 3.63) is 28.8 Å². The van der Waals surface area contributed by atoms with Gasteiger partial charge < -0.3 is 5.32 Å². The minimum absolute atomic E-state index is 0.129. The van der Waals surface area contributed by atoms with E-state index in [9.17, 15) is 0 Å². The molecule has 21 heavy (non-hydrogen) atoms. The van der Waals surface area contributed by atoms with E-state index in [0.29, 0.717) is 0 Å². The van der Waals surface area contributed by atoms with E-state index >= 15 is 0 Å². The topological polar surface area (TPSA) is 12.0 Å². The van der Waals surface area contributed by atoms with Gasteiger partial charge in [0.2, 0.25) is 0 Å². The number of halogens is 1. The Labute approximate surface area is 139 Å². The standard InChI is InChI=1S/C18H28ClNS/c1-13-7-5-9-15(11-13)21-17-14(8-6-10-16(17)19)12-20-18(2,3)4/h6,8,10,13,15,20H,5,7,9,11-12H2,1-4H3. The Bertz CT molecular complexity index is 467. The van der Waals surface area contributed by atoms with Gasteiger partial charge >= 0.3 is 0 Å². The Hall–Kier alpha value is -0.180. The van der Waals surface area contributed by atoms with Crippen LogP contribution in [0, 0.1) is 5.92 Å². The maximum Gasteiger partial charge on any atom is 0.0545 e. The molecule has 2 rings (SSSR count). The lowest BCUT2D eigenvalue weighted by molar-refractivity contribution is 0.394. The quantitative estimate of drug-likeness (QED) is 0.739. The fourth-order valence-corrected chi connectivity index (χ4v) is 4.68. The molecule has 0 aromatic heterocycles. The molecule has 1 aliphatic rings. The summed E-state index contributed by atoms with van der Waals surface area (Å²) in [7, 11) is 0. The molecule has 2 atom stereocenters. The lowest BCUT2D eigenvalue weighted by Crippen LogP contribution is -2.35. The van der Waals surface area contributed by atoms with Crippen molar-refractivity contribution in [3.63, 3.8) is 0 Å². The number of thioether (sulfide) groups is 1. The smallest absolute Gasteiger partial charge is 0.0545 e. The summed E-state index contributed by atoms with van der Waals surface area (Å²) in [6, 6.07) is 6.30. The summed E-state index contributed by atoms with van der Waals surface area (Å²) < 4.78 is 0. The van der Waals surface area contributed by atoms with Crippen LogP contribution in [0.2, 0.25) is 5.02 Å². The monoisotopic (exact) mass is 325 g/mol. The summed E-state index contributed by atoms with van der Waals surface area (Å²) in [5.74, 6) is 0.856. The molecule has 0 saturated heterocycles. The summed E-state index contributed by atoms with van der Waals surface area (Å²) in [6.07, 6.45) is 5.39. The number of benzene rings is 1. The summed E-state index contributed by atoms with van der Waals surface area (Å²) >= 11 is 8.49. The molecule has 0 heterocycles. The molecular formula is C18H28ClNS. The summed E-state index contributed by atoms with van der Waals surface area (Å²) in [4.78, 5) is 1.29. The van der Waals surface area contributed by atoms with E-state index in [2.05, 4.69) is 45.1 Å². The Kier molecular flexibility index (Phi) is 6.05. The van der Waals surface area contributed by atoms with Gasteiger partial charge in [-0.2, -0.15) is 0 Å². The largest absolute Gasteiger partial charge is 0.308 e. The summed E-state index contributed by atoms with van der Waals surface area (Å²) in [5, 5.41) is 5.21. The average molecular weight is 326 g/mol. The number of nitrogens with one attached hydrogen (secondary N) is 1. The highest BCUT2D eigenvalue weighted by Gasteiger charge is 2.22. The first kappa shape index (κ1) is 17.2. The van der Waals surface area contributed by atoms with Crippen LogP contribution in [0.3, 0.4) is 0 Å². The molecule has 1 N–H and O–H groups in total. The highest BCUT2D eigenvalue weighted by atomic mass is 35.5. The predicted molar refractivity (Wildman–Crippen MR) is 95.3 cm³/mol. The summed E-state index contributed by atoms with van der Waals surface area (Å²) in [5.41, 5.74) is 1.46. The van der Waals surface area contributed by atoms with Gasteiger partial charge in [-0.05, 0) is 51.2 Å². The molecule has 0 aliphatic heterocycles. The molecule has 1 aromatic rings. The number of hydrogen-bond acceptors (Lipinski definition) is 2. The van der Waals surface area contributed by atoms with Crippen LogP contribution in [0.4, 0.5) is 0 Å². The Morgan fingerprint density at radius 2 is 2.05 bits per heavy atom. The third-order valence-corrected chi connectivity index (χ3v) is 5.94. The molecule has 1 nitrogen and oxygen atoms in total. The van der Waals surface area contributed by atoms with Crippen LogP contribution in [0.5, 0.6) is 0 Å². The van der Waals surface area contributed by atoms with Crippen LogP contribution in [0.15, 0.2) is 23.1 Å². The first-order valence-corrected chi connectivity index (χ1v) is 9.30. The van der Waals surface area contributed by atoms with Crippen LogP contribution in [0.25, 0.3) is 0 Å². The van der Waals surface area contributed by atoms with Crippen molar-refractivity contribution in [2.75, 3.05) is 0 Å². The molecule has 3 heteroatoms. The third-order valence-electron chi connectivity index (χ3n) is 4.03. The van der Waals surface area contributed by atoms with Crippen molar-refractivity contribution in [2.24, 2.45) is 5.92 Å². The molecule has 0 bridgehead atoms. The second-order valence-electron chi connectivity index (χ2n) is 7.34. The predicted octanol–water partition coefficient (Wildman–Crippen LogP) is 5.90. The Morgan fingerprint density at radius 3 is 2.71 bits per heavy atom. The van der Waals surface area contributed by atoms with Gasteiger partial charge in [0, 0.05) is 22.2 Å². The molecule has 0 spiro atoms. The lowest BCUT2D eigenvalue weighted by atomic mass is 9.91. The molecule has 1 aliphatic carbocycles. The zero-order valence-electron chi connectivity index (χ0n) is 13.7. The molecule has 0 amide bonds. The van der Waals surface area contributed by atoms with Crippen LogP contribution in [-0.4, -0.2) is 10.8 Å². The van der Waals surface area contributed by atoms with Gasteiger partial charge in [0.05, 0.1) is 5.02 Å². The van der Waals surface area contributed by atoms with Crippen LogP contribution >= 0.6 is 23.4 Å². The molecule has 118 valence electrons. The molecule has 0 radical (unpaired) electrons. The first-order chi connectivity index (χ1) is 9.85. The van der Waals surface area contributed by atoms with Crippen LogP contribution < -0.4 is 5.32 Å². The minimum atomic E-state index is 0.129. The van der Waals surface area contributed by atoms with Gasteiger partial charge in [-0.3, -0.25) is 0 Å². The molecular weight excluding hydrogens is 298 g/mol. The molecule has 1 fully saturated rings.